The monoisotopic (exact) mass is 401 g/mol. The van der Waals surface area contributed by atoms with Crippen LogP contribution in [0.5, 0.6) is 0 Å². The van der Waals surface area contributed by atoms with E-state index in [9.17, 15) is 18.0 Å². The van der Waals surface area contributed by atoms with Crippen LogP contribution in [0, 0.1) is 18.3 Å². The number of anilines is 1. The number of aryl methyl sites for hydroxylation is 1. The number of carbonyl (C=O) groups is 1. The molecule has 1 heterocycles. The van der Waals surface area contributed by atoms with Gasteiger partial charge in [0.25, 0.3) is 0 Å². The van der Waals surface area contributed by atoms with E-state index in [2.05, 4.69) is 15.2 Å². The first-order valence-electron chi connectivity index (χ1n) is 8.35. The molecule has 2 aromatic carbocycles. The predicted octanol–water partition coefficient (Wildman–Crippen LogP) is 5.37. The van der Waals surface area contributed by atoms with Gasteiger partial charge in [0.05, 0.1) is 11.6 Å². The maximum Gasteiger partial charge on any atom is 0.429 e. The fourth-order valence-corrected chi connectivity index (χ4v) is 2.60. The molecular weight excluding hydrogens is 387 g/mol. The fraction of sp³-hybridized carbons (Fsp3) is 0.150. The summed E-state index contributed by atoms with van der Waals surface area (Å²) in [6.45, 7) is 1.52. The molecule has 0 fully saturated rings. The Kier molecular flexibility index (Phi) is 5.54. The zero-order valence-electron chi connectivity index (χ0n) is 15.0. The van der Waals surface area contributed by atoms with E-state index in [1.54, 1.807) is 18.2 Å². The number of halogens is 3. The first-order chi connectivity index (χ1) is 13.8. The highest BCUT2D eigenvalue weighted by atomic mass is 19.4. The summed E-state index contributed by atoms with van der Waals surface area (Å²) in [7, 11) is 0. The number of rotatable bonds is 4. The van der Waals surface area contributed by atoms with Gasteiger partial charge in [-0.3, -0.25) is 5.32 Å². The van der Waals surface area contributed by atoms with Gasteiger partial charge in [-0.25, -0.2) is 4.79 Å². The lowest BCUT2D eigenvalue weighted by atomic mass is 10.1. The first-order valence-corrected chi connectivity index (χ1v) is 8.35. The van der Waals surface area contributed by atoms with Crippen LogP contribution < -0.4 is 5.32 Å². The molecule has 0 saturated carbocycles. The molecule has 0 radical (unpaired) electrons. The molecule has 6 nitrogen and oxygen atoms in total. The number of nitrogens with zero attached hydrogens (tertiary/aromatic N) is 2. The molecule has 0 aliphatic carbocycles. The molecule has 0 aliphatic rings. The highest BCUT2D eigenvalue weighted by Gasteiger charge is 2.44. The summed E-state index contributed by atoms with van der Waals surface area (Å²) >= 11 is 0. The number of carbonyl (C=O) groups excluding carboxylic acids is 1. The molecule has 1 atom stereocenters. The van der Waals surface area contributed by atoms with Crippen molar-refractivity contribution in [1.29, 1.82) is 5.26 Å². The van der Waals surface area contributed by atoms with Gasteiger partial charge in [0.2, 0.25) is 6.10 Å². The van der Waals surface area contributed by atoms with Crippen LogP contribution in [0.3, 0.4) is 0 Å². The third-order valence-electron chi connectivity index (χ3n) is 3.99. The summed E-state index contributed by atoms with van der Waals surface area (Å²) in [5.74, 6) is 0.132. The second kappa shape index (κ2) is 8.06. The third-order valence-corrected chi connectivity index (χ3v) is 3.99. The quantitative estimate of drug-likeness (QED) is 0.635. The molecule has 3 aromatic rings. The van der Waals surface area contributed by atoms with Gasteiger partial charge in [0.15, 0.2) is 5.76 Å². The number of nitrogens with one attached hydrogen (secondary N) is 1. The summed E-state index contributed by atoms with van der Waals surface area (Å²) in [6.07, 6.45) is -8.53. The molecule has 1 amide bonds. The Bertz CT molecular complexity index is 1040. The summed E-state index contributed by atoms with van der Waals surface area (Å²) < 4.78 is 50.0. The summed E-state index contributed by atoms with van der Waals surface area (Å²) in [5.41, 5.74) is 1.02. The second-order valence-electron chi connectivity index (χ2n) is 6.02. The van der Waals surface area contributed by atoms with Crippen molar-refractivity contribution >= 4 is 11.8 Å². The van der Waals surface area contributed by atoms with Crippen molar-refractivity contribution in [2.24, 2.45) is 0 Å². The van der Waals surface area contributed by atoms with Crippen molar-refractivity contribution in [2.45, 2.75) is 19.2 Å². The van der Waals surface area contributed by atoms with Gasteiger partial charge in [0, 0.05) is 11.1 Å². The Morgan fingerprint density at radius 1 is 1.17 bits per heavy atom. The van der Waals surface area contributed by atoms with E-state index in [0.717, 1.165) is 0 Å². The number of benzene rings is 2. The van der Waals surface area contributed by atoms with Gasteiger partial charge in [-0.15, -0.1) is 0 Å². The SMILES string of the molecule is Cc1noc(-c2ccc(C#N)cc2)c1NC(=O)OC(c1ccccc1)C(F)(F)F. The summed E-state index contributed by atoms with van der Waals surface area (Å²) in [5, 5.41) is 14.9. The minimum Gasteiger partial charge on any atom is -0.431 e. The van der Waals surface area contributed by atoms with Crippen molar-refractivity contribution in [3.8, 4) is 17.4 Å². The van der Waals surface area contributed by atoms with Gasteiger partial charge in [0.1, 0.15) is 11.4 Å². The molecule has 0 spiro atoms. The standard InChI is InChI=1S/C20H14F3N3O3/c1-12-16(17(29-26-12)14-9-7-13(11-24)8-10-14)25-19(27)28-18(20(21,22)23)15-5-3-2-4-6-15/h2-10,18H,1H3,(H,25,27). The van der Waals surface area contributed by atoms with Crippen molar-refractivity contribution in [3.63, 3.8) is 0 Å². The molecule has 1 aromatic heterocycles. The second-order valence-corrected chi connectivity index (χ2v) is 6.02. The Hall–Kier alpha value is -3.80. The highest BCUT2D eigenvalue weighted by molar-refractivity contribution is 5.90. The first kappa shape index (κ1) is 19.9. The Morgan fingerprint density at radius 2 is 1.83 bits per heavy atom. The number of ether oxygens (including phenoxy) is 1. The van der Waals surface area contributed by atoms with E-state index in [1.807, 2.05) is 6.07 Å². The van der Waals surface area contributed by atoms with Crippen LogP contribution in [-0.4, -0.2) is 17.4 Å². The number of aromatic nitrogens is 1. The molecule has 1 unspecified atom stereocenters. The van der Waals surface area contributed by atoms with Crippen LogP contribution in [0.25, 0.3) is 11.3 Å². The minimum absolute atomic E-state index is 0.0775. The van der Waals surface area contributed by atoms with Crippen LogP contribution in [0.1, 0.15) is 22.9 Å². The summed E-state index contributed by atoms with van der Waals surface area (Å²) in [6, 6.07) is 15.0. The van der Waals surface area contributed by atoms with E-state index in [4.69, 9.17) is 9.78 Å². The van der Waals surface area contributed by atoms with Gasteiger partial charge in [-0.1, -0.05) is 35.5 Å². The van der Waals surface area contributed by atoms with Crippen molar-refractivity contribution in [1.82, 2.24) is 5.16 Å². The van der Waals surface area contributed by atoms with Gasteiger partial charge in [-0.2, -0.15) is 18.4 Å². The average molecular weight is 401 g/mol. The van der Waals surface area contributed by atoms with Gasteiger partial charge in [-0.05, 0) is 31.2 Å². The number of nitriles is 1. The topological polar surface area (TPSA) is 88.2 Å². The van der Waals surface area contributed by atoms with Crippen LogP contribution >= 0.6 is 0 Å². The van der Waals surface area contributed by atoms with Gasteiger partial charge < -0.3 is 9.26 Å². The Balaban J connectivity index is 1.83. The molecule has 3 rings (SSSR count). The molecule has 148 valence electrons. The number of hydrogen-bond acceptors (Lipinski definition) is 5. The summed E-state index contributed by atoms with van der Waals surface area (Å²) in [4.78, 5) is 12.2. The molecule has 0 saturated heterocycles. The lowest BCUT2D eigenvalue weighted by molar-refractivity contribution is -0.205. The van der Waals surface area contributed by atoms with E-state index in [0.29, 0.717) is 11.1 Å². The zero-order chi connectivity index (χ0) is 21.0. The lowest BCUT2D eigenvalue weighted by Gasteiger charge is -2.21. The maximum absolute atomic E-state index is 13.4. The normalized spacial score (nSPS) is 12.1. The van der Waals surface area contributed by atoms with E-state index in [-0.39, 0.29) is 22.7 Å². The fourth-order valence-electron chi connectivity index (χ4n) is 2.60. The zero-order valence-corrected chi connectivity index (χ0v) is 15.0. The van der Waals surface area contributed by atoms with Crippen LogP contribution in [0.4, 0.5) is 23.7 Å². The maximum atomic E-state index is 13.4. The molecule has 29 heavy (non-hydrogen) atoms. The number of alkyl halides is 3. The molecule has 0 aliphatic heterocycles. The van der Waals surface area contributed by atoms with Crippen molar-refractivity contribution < 1.29 is 27.2 Å². The molecular formula is C20H14F3N3O3. The largest absolute Gasteiger partial charge is 0.431 e. The van der Waals surface area contributed by atoms with Gasteiger partial charge >= 0.3 is 12.3 Å². The van der Waals surface area contributed by atoms with Crippen molar-refractivity contribution in [3.05, 3.63) is 71.4 Å². The van der Waals surface area contributed by atoms with E-state index in [1.165, 1.54) is 43.3 Å². The van der Waals surface area contributed by atoms with Crippen molar-refractivity contribution in [2.75, 3.05) is 5.32 Å². The third kappa shape index (κ3) is 4.55. The smallest absolute Gasteiger partial charge is 0.429 e. The highest BCUT2D eigenvalue weighted by Crippen LogP contribution is 2.37. The van der Waals surface area contributed by atoms with E-state index >= 15 is 0 Å². The average Bonchev–Trinajstić information content (AvgIpc) is 3.06. The molecule has 0 bridgehead atoms. The Morgan fingerprint density at radius 3 is 2.41 bits per heavy atom. The molecule has 9 heteroatoms. The lowest BCUT2D eigenvalue weighted by Crippen LogP contribution is -2.28. The minimum atomic E-state index is -4.79. The number of amides is 1. The van der Waals surface area contributed by atoms with Crippen LogP contribution in [0.2, 0.25) is 0 Å². The van der Waals surface area contributed by atoms with Crippen LogP contribution in [0.15, 0.2) is 59.1 Å². The van der Waals surface area contributed by atoms with E-state index < -0.39 is 18.4 Å². The van der Waals surface area contributed by atoms with Crippen LogP contribution in [-0.2, 0) is 4.74 Å². The Labute approximate surface area is 163 Å². The number of hydrogen-bond donors (Lipinski definition) is 1. The molecule has 1 N–H and O–H groups in total. The predicted molar refractivity (Wildman–Crippen MR) is 96.7 cm³/mol.